The van der Waals surface area contributed by atoms with Crippen molar-refractivity contribution in [2.24, 2.45) is 0 Å². The highest BCUT2D eigenvalue weighted by Gasteiger charge is 2.34. The monoisotopic (exact) mass is 186 g/mol. The number of hydrogen-bond acceptors (Lipinski definition) is 1. The van der Waals surface area contributed by atoms with Gasteiger partial charge in [-0.25, -0.2) is 4.39 Å². The van der Waals surface area contributed by atoms with Crippen molar-refractivity contribution in [2.75, 3.05) is 0 Å². The zero-order valence-corrected chi connectivity index (χ0v) is 6.82. The normalized spacial score (nSPS) is 49.2. The molecule has 0 heterocycles. The third-order valence-corrected chi connectivity index (χ3v) is 2.58. The highest BCUT2D eigenvalue weighted by Crippen LogP contribution is 2.29. The largest absolute Gasteiger partial charge is 0.390 e. The molecule has 1 aliphatic carbocycles. The molecule has 0 aromatic rings. The first-order chi connectivity index (χ1) is 4.61. The molecule has 0 aliphatic heterocycles. The Kier molecular flexibility index (Phi) is 2.78. The summed E-state index contributed by atoms with van der Waals surface area (Å²) in [5.41, 5.74) is 0. The fourth-order valence-electron chi connectivity index (χ4n) is 1.09. The van der Waals surface area contributed by atoms with E-state index in [1.807, 2.05) is 0 Å². The van der Waals surface area contributed by atoms with Crippen LogP contribution in [0.3, 0.4) is 0 Å². The number of rotatable bonds is 0. The number of hydrogen-bond donors (Lipinski definition) is 1. The summed E-state index contributed by atoms with van der Waals surface area (Å²) in [6.07, 6.45) is -1.28. The molecular formula is C6H9Cl2FO. The summed E-state index contributed by atoms with van der Waals surface area (Å²) in [6, 6.07) is 0. The minimum Gasteiger partial charge on any atom is -0.390 e. The molecule has 1 aliphatic rings. The molecule has 0 bridgehead atoms. The van der Waals surface area contributed by atoms with E-state index in [0.717, 1.165) is 0 Å². The van der Waals surface area contributed by atoms with E-state index < -0.39 is 23.0 Å². The van der Waals surface area contributed by atoms with Crippen LogP contribution in [-0.4, -0.2) is 28.1 Å². The number of halogens is 3. The molecule has 1 saturated carbocycles. The van der Waals surface area contributed by atoms with E-state index in [1.165, 1.54) is 0 Å². The maximum absolute atomic E-state index is 12.6. The average molecular weight is 187 g/mol. The second-order valence-electron chi connectivity index (χ2n) is 2.59. The molecule has 2 atom stereocenters. The molecule has 0 radical (unpaired) electrons. The Labute approximate surface area is 69.1 Å². The van der Waals surface area contributed by atoms with Gasteiger partial charge < -0.3 is 5.11 Å². The van der Waals surface area contributed by atoms with Crippen molar-refractivity contribution in [1.29, 1.82) is 0 Å². The summed E-state index contributed by atoms with van der Waals surface area (Å²) in [5.74, 6) is 0. The molecule has 1 N–H and O–H groups in total. The van der Waals surface area contributed by atoms with Gasteiger partial charge in [0.15, 0.2) is 0 Å². The topological polar surface area (TPSA) is 20.2 Å². The van der Waals surface area contributed by atoms with Crippen LogP contribution < -0.4 is 0 Å². The molecular weight excluding hydrogens is 178 g/mol. The van der Waals surface area contributed by atoms with Gasteiger partial charge in [0.05, 0.1) is 16.9 Å². The molecule has 60 valence electrons. The molecule has 10 heavy (non-hydrogen) atoms. The molecule has 1 fully saturated rings. The summed E-state index contributed by atoms with van der Waals surface area (Å²) in [6.45, 7) is 0. The Morgan fingerprint density at radius 2 is 1.60 bits per heavy atom. The Balaban J connectivity index is 2.49. The van der Waals surface area contributed by atoms with E-state index in [9.17, 15) is 4.39 Å². The van der Waals surface area contributed by atoms with E-state index in [-0.39, 0.29) is 12.8 Å². The minimum atomic E-state index is -0.951. The second-order valence-corrected chi connectivity index (χ2v) is 3.71. The first-order valence-corrected chi connectivity index (χ1v) is 4.09. The summed E-state index contributed by atoms with van der Waals surface area (Å²) in [4.78, 5) is 0. The Bertz CT molecular complexity index is 110. The van der Waals surface area contributed by atoms with Gasteiger partial charge in [0, 0.05) is 0 Å². The molecule has 0 saturated heterocycles. The summed E-state index contributed by atoms with van der Waals surface area (Å²) < 4.78 is 12.6. The minimum absolute atomic E-state index is 0.214. The van der Waals surface area contributed by atoms with Gasteiger partial charge in [-0.05, 0) is 12.8 Å². The lowest BCUT2D eigenvalue weighted by molar-refractivity contribution is 0.102. The van der Waals surface area contributed by atoms with E-state index in [0.29, 0.717) is 0 Å². The zero-order valence-electron chi connectivity index (χ0n) is 5.30. The van der Waals surface area contributed by atoms with Crippen molar-refractivity contribution in [3.8, 4) is 0 Å². The molecule has 0 aromatic heterocycles. The van der Waals surface area contributed by atoms with Crippen LogP contribution in [0.1, 0.15) is 12.8 Å². The Morgan fingerprint density at radius 1 is 1.20 bits per heavy atom. The summed E-state index contributed by atoms with van der Waals surface area (Å²) in [5, 5.41) is 8.09. The number of aliphatic hydroxyl groups is 1. The van der Waals surface area contributed by atoms with E-state index in [4.69, 9.17) is 28.3 Å². The average Bonchev–Trinajstić information content (AvgIpc) is 1.82. The first-order valence-electron chi connectivity index (χ1n) is 3.21. The molecule has 1 nitrogen and oxygen atoms in total. The smallest absolute Gasteiger partial charge is 0.103 e. The summed E-state index contributed by atoms with van der Waals surface area (Å²) >= 11 is 11.2. The molecule has 0 spiro atoms. The van der Waals surface area contributed by atoms with E-state index in [2.05, 4.69) is 0 Å². The SMILES string of the molecule is OC1C(Cl)CC(F)CC1Cl. The van der Waals surface area contributed by atoms with Gasteiger partial charge in [-0.1, -0.05) is 0 Å². The van der Waals surface area contributed by atoms with Gasteiger partial charge in [-0.2, -0.15) is 0 Å². The predicted octanol–water partition coefficient (Wildman–Crippen LogP) is 1.69. The highest BCUT2D eigenvalue weighted by molar-refractivity contribution is 6.24. The van der Waals surface area contributed by atoms with Crippen LogP contribution in [-0.2, 0) is 0 Å². The predicted molar refractivity (Wildman–Crippen MR) is 39.4 cm³/mol. The van der Waals surface area contributed by atoms with Crippen LogP contribution in [0.2, 0.25) is 0 Å². The molecule has 0 amide bonds. The highest BCUT2D eigenvalue weighted by atomic mass is 35.5. The van der Waals surface area contributed by atoms with Gasteiger partial charge in [-0.15, -0.1) is 23.2 Å². The lowest BCUT2D eigenvalue weighted by Gasteiger charge is -2.29. The lowest BCUT2D eigenvalue weighted by Crippen LogP contribution is -2.39. The fourth-order valence-corrected chi connectivity index (χ4v) is 1.90. The Hall–Kier alpha value is 0.470. The van der Waals surface area contributed by atoms with Gasteiger partial charge >= 0.3 is 0 Å². The zero-order chi connectivity index (χ0) is 7.72. The van der Waals surface area contributed by atoms with Crippen LogP contribution in [0.15, 0.2) is 0 Å². The first kappa shape index (κ1) is 8.57. The standard InChI is InChI=1S/C6H9Cl2FO/c7-4-1-3(9)2-5(8)6(4)10/h3-6,10H,1-2H2. The van der Waals surface area contributed by atoms with E-state index >= 15 is 0 Å². The Morgan fingerprint density at radius 3 is 2.00 bits per heavy atom. The molecule has 1 rings (SSSR count). The van der Waals surface area contributed by atoms with Gasteiger partial charge in [0.25, 0.3) is 0 Å². The maximum atomic E-state index is 12.6. The second kappa shape index (κ2) is 3.24. The van der Waals surface area contributed by atoms with Crippen LogP contribution >= 0.6 is 23.2 Å². The third kappa shape index (κ3) is 1.74. The van der Waals surface area contributed by atoms with Crippen molar-refractivity contribution in [3.63, 3.8) is 0 Å². The lowest BCUT2D eigenvalue weighted by atomic mass is 9.95. The van der Waals surface area contributed by atoms with Crippen molar-refractivity contribution in [1.82, 2.24) is 0 Å². The van der Waals surface area contributed by atoms with Gasteiger partial charge in [0.2, 0.25) is 0 Å². The van der Waals surface area contributed by atoms with Crippen LogP contribution in [0.5, 0.6) is 0 Å². The quantitative estimate of drug-likeness (QED) is 0.572. The van der Waals surface area contributed by atoms with Gasteiger partial charge in [0.1, 0.15) is 6.17 Å². The van der Waals surface area contributed by atoms with Crippen LogP contribution in [0, 0.1) is 0 Å². The molecule has 2 unspecified atom stereocenters. The van der Waals surface area contributed by atoms with Crippen molar-refractivity contribution in [2.45, 2.75) is 35.9 Å². The van der Waals surface area contributed by atoms with E-state index in [1.54, 1.807) is 0 Å². The molecule has 0 aromatic carbocycles. The van der Waals surface area contributed by atoms with Crippen molar-refractivity contribution < 1.29 is 9.50 Å². The van der Waals surface area contributed by atoms with Gasteiger partial charge in [-0.3, -0.25) is 0 Å². The summed E-state index contributed by atoms with van der Waals surface area (Å²) in [7, 11) is 0. The number of alkyl halides is 3. The van der Waals surface area contributed by atoms with Crippen LogP contribution in [0.4, 0.5) is 4.39 Å². The fraction of sp³-hybridized carbons (Fsp3) is 1.00. The number of aliphatic hydroxyl groups excluding tert-OH is 1. The van der Waals surface area contributed by atoms with Crippen molar-refractivity contribution >= 4 is 23.2 Å². The van der Waals surface area contributed by atoms with Crippen LogP contribution in [0.25, 0.3) is 0 Å². The van der Waals surface area contributed by atoms with Crippen molar-refractivity contribution in [3.05, 3.63) is 0 Å². The third-order valence-electron chi connectivity index (χ3n) is 1.70. The maximum Gasteiger partial charge on any atom is 0.103 e. The molecule has 4 heteroatoms.